The van der Waals surface area contributed by atoms with Crippen molar-refractivity contribution in [1.29, 1.82) is 0 Å². The molecule has 18 heavy (non-hydrogen) atoms. The van der Waals surface area contributed by atoms with Gasteiger partial charge in [0.2, 0.25) is 0 Å². The van der Waals surface area contributed by atoms with Crippen molar-refractivity contribution in [1.82, 2.24) is 9.80 Å². The zero-order chi connectivity index (χ0) is 14.3. The fourth-order valence-electron chi connectivity index (χ4n) is 1.45. The fourth-order valence-corrected chi connectivity index (χ4v) is 2.17. The summed E-state index contributed by atoms with van der Waals surface area (Å²) in [5, 5.41) is 0. The summed E-state index contributed by atoms with van der Waals surface area (Å²) in [5.74, 6) is 0. The smallest absolute Gasteiger partial charge is 0.359 e. The minimum atomic E-state index is -3.69. The molecule has 0 aromatic carbocycles. The van der Waals surface area contributed by atoms with E-state index in [1.165, 1.54) is 11.4 Å². The highest BCUT2D eigenvalue weighted by molar-refractivity contribution is 7.47. The lowest BCUT2D eigenvalue weighted by atomic mass is 10.4. The van der Waals surface area contributed by atoms with Gasteiger partial charge in [-0.1, -0.05) is 0 Å². The molecule has 1 N–H and O–H groups in total. The van der Waals surface area contributed by atoms with E-state index in [0.717, 1.165) is 6.67 Å². The minimum absolute atomic E-state index is 0.188. The number of rotatable bonds is 4. The number of hydrogen-bond donors (Lipinski definition) is 1. The lowest BCUT2D eigenvalue weighted by molar-refractivity contribution is 0.161. The van der Waals surface area contributed by atoms with Gasteiger partial charge in [-0.3, -0.25) is 9.05 Å². The first-order chi connectivity index (χ1) is 8.25. The van der Waals surface area contributed by atoms with Gasteiger partial charge in [-0.2, -0.15) is 0 Å². The van der Waals surface area contributed by atoms with Crippen LogP contribution < -0.4 is 0 Å². The van der Waals surface area contributed by atoms with E-state index in [0.29, 0.717) is 0 Å². The average molecular weight is 280 g/mol. The molecule has 1 aliphatic rings. The summed E-state index contributed by atoms with van der Waals surface area (Å²) in [7, 11) is 0.534. The first-order valence-electron chi connectivity index (χ1n) is 5.96. The van der Waals surface area contributed by atoms with Gasteiger partial charge in [0, 0.05) is 25.5 Å². The standard InChI is InChI=1S/C7H14N2.C4H11O4P/c1-6-7(2)9(4)5-8(6)3;1-3-7-9(5,6)8-4-2/h5H2,1-4H3;3-4H2,1-2H3,(H,5,6). The van der Waals surface area contributed by atoms with Crippen LogP contribution in [-0.2, 0) is 13.6 Å². The average Bonchev–Trinajstić information content (AvgIpc) is 2.46. The molecule has 0 unspecified atom stereocenters. The molecular weight excluding hydrogens is 255 g/mol. The van der Waals surface area contributed by atoms with Gasteiger partial charge in [0.05, 0.1) is 19.9 Å². The number of hydrogen-bond acceptors (Lipinski definition) is 5. The molecular formula is C11H25N2O4P. The zero-order valence-electron chi connectivity index (χ0n) is 12.1. The maximum Gasteiger partial charge on any atom is 0.472 e. The molecule has 1 aliphatic heterocycles. The molecule has 0 bridgehead atoms. The lowest BCUT2D eigenvalue weighted by Crippen LogP contribution is -2.20. The lowest BCUT2D eigenvalue weighted by Gasteiger charge is -2.14. The molecule has 0 aromatic rings. The fraction of sp³-hybridized carbons (Fsp3) is 0.818. The Morgan fingerprint density at radius 3 is 1.61 bits per heavy atom. The monoisotopic (exact) mass is 280 g/mol. The zero-order valence-corrected chi connectivity index (χ0v) is 13.0. The highest BCUT2D eigenvalue weighted by Crippen LogP contribution is 2.42. The molecule has 0 radical (unpaired) electrons. The molecule has 108 valence electrons. The highest BCUT2D eigenvalue weighted by atomic mass is 31.2. The first-order valence-corrected chi connectivity index (χ1v) is 7.46. The Hall–Kier alpha value is -0.550. The van der Waals surface area contributed by atoms with E-state index in [2.05, 4.69) is 46.8 Å². The highest BCUT2D eigenvalue weighted by Gasteiger charge is 2.17. The van der Waals surface area contributed by atoms with Gasteiger partial charge in [0.25, 0.3) is 0 Å². The van der Waals surface area contributed by atoms with Crippen molar-refractivity contribution in [3.05, 3.63) is 11.4 Å². The van der Waals surface area contributed by atoms with Crippen LogP contribution in [0.1, 0.15) is 27.7 Å². The first kappa shape index (κ1) is 17.4. The molecule has 0 atom stereocenters. The van der Waals surface area contributed by atoms with Crippen molar-refractivity contribution in [2.45, 2.75) is 27.7 Å². The number of nitrogens with zero attached hydrogens (tertiary/aromatic N) is 2. The Kier molecular flexibility index (Phi) is 7.55. The van der Waals surface area contributed by atoms with Gasteiger partial charge in [-0.25, -0.2) is 4.57 Å². The van der Waals surface area contributed by atoms with E-state index in [-0.39, 0.29) is 13.2 Å². The third-order valence-electron chi connectivity index (χ3n) is 2.68. The van der Waals surface area contributed by atoms with Crippen molar-refractivity contribution in [3.63, 3.8) is 0 Å². The van der Waals surface area contributed by atoms with Gasteiger partial charge in [0.15, 0.2) is 0 Å². The second-order valence-corrected chi connectivity index (χ2v) is 5.47. The Morgan fingerprint density at radius 2 is 1.44 bits per heavy atom. The predicted octanol–water partition coefficient (Wildman–Crippen LogP) is 2.23. The van der Waals surface area contributed by atoms with E-state index in [1.807, 2.05) is 0 Å². The van der Waals surface area contributed by atoms with Crippen LogP contribution in [0.15, 0.2) is 11.4 Å². The molecule has 0 aliphatic carbocycles. The molecule has 1 heterocycles. The van der Waals surface area contributed by atoms with Crippen LogP contribution in [0.3, 0.4) is 0 Å². The van der Waals surface area contributed by atoms with E-state index in [9.17, 15) is 4.57 Å². The van der Waals surface area contributed by atoms with Crippen LogP contribution >= 0.6 is 7.82 Å². The van der Waals surface area contributed by atoms with Crippen LogP contribution in [0.2, 0.25) is 0 Å². The van der Waals surface area contributed by atoms with Crippen LogP contribution in [0.5, 0.6) is 0 Å². The second kappa shape index (κ2) is 7.79. The van der Waals surface area contributed by atoms with Gasteiger partial charge in [-0.15, -0.1) is 0 Å². The molecule has 0 saturated carbocycles. The van der Waals surface area contributed by atoms with E-state index >= 15 is 0 Å². The van der Waals surface area contributed by atoms with Crippen LogP contribution in [0.25, 0.3) is 0 Å². The maximum atomic E-state index is 10.5. The van der Waals surface area contributed by atoms with Crippen LogP contribution in [0, 0.1) is 0 Å². The minimum Gasteiger partial charge on any atom is -0.359 e. The SMILES string of the molecule is CC1=C(C)N(C)CN1C.CCOP(=O)(O)OCC. The van der Waals surface area contributed by atoms with Crippen molar-refractivity contribution < 1.29 is 18.5 Å². The molecule has 0 fully saturated rings. The van der Waals surface area contributed by atoms with Gasteiger partial charge < -0.3 is 14.7 Å². The summed E-state index contributed by atoms with van der Waals surface area (Å²) in [4.78, 5) is 13.1. The van der Waals surface area contributed by atoms with Gasteiger partial charge >= 0.3 is 7.82 Å². The molecule has 0 aromatic heterocycles. The largest absolute Gasteiger partial charge is 0.472 e. The Bertz CT molecular complexity index is 307. The quantitative estimate of drug-likeness (QED) is 0.797. The van der Waals surface area contributed by atoms with Crippen LogP contribution in [-0.4, -0.2) is 48.7 Å². The molecule has 0 amide bonds. The third-order valence-corrected chi connectivity index (χ3v) is 3.85. The number of allylic oxidation sites excluding steroid dienone is 2. The van der Waals surface area contributed by atoms with Crippen molar-refractivity contribution in [3.8, 4) is 0 Å². The van der Waals surface area contributed by atoms with E-state index in [1.54, 1.807) is 13.8 Å². The van der Waals surface area contributed by atoms with Crippen molar-refractivity contribution >= 4 is 7.82 Å². The summed E-state index contributed by atoms with van der Waals surface area (Å²) in [5.41, 5.74) is 2.77. The summed E-state index contributed by atoms with van der Waals surface area (Å²) in [6, 6.07) is 0. The summed E-state index contributed by atoms with van der Waals surface area (Å²) >= 11 is 0. The van der Waals surface area contributed by atoms with Crippen molar-refractivity contribution in [2.24, 2.45) is 0 Å². The van der Waals surface area contributed by atoms with E-state index < -0.39 is 7.82 Å². The molecule has 7 heteroatoms. The molecule has 1 rings (SSSR count). The molecule has 0 saturated heterocycles. The summed E-state index contributed by atoms with van der Waals surface area (Å²) in [6.45, 7) is 8.97. The van der Waals surface area contributed by atoms with E-state index in [4.69, 9.17) is 4.89 Å². The number of phosphoric ester groups is 1. The Balaban J connectivity index is 0.000000321. The third kappa shape index (κ3) is 5.87. The second-order valence-electron chi connectivity index (χ2n) is 4.01. The normalized spacial score (nSPS) is 15.9. The Labute approximate surface area is 110 Å². The molecule has 0 spiro atoms. The Morgan fingerprint density at radius 1 is 1.11 bits per heavy atom. The predicted molar refractivity (Wildman–Crippen MR) is 71.8 cm³/mol. The van der Waals surface area contributed by atoms with Crippen molar-refractivity contribution in [2.75, 3.05) is 34.0 Å². The van der Waals surface area contributed by atoms with Gasteiger partial charge in [0.1, 0.15) is 0 Å². The summed E-state index contributed by atoms with van der Waals surface area (Å²) < 4.78 is 19.2. The maximum absolute atomic E-state index is 10.5. The van der Waals surface area contributed by atoms with Gasteiger partial charge in [-0.05, 0) is 27.7 Å². The topological polar surface area (TPSA) is 62.2 Å². The molecule has 6 nitrogen and oxygen atoms in total. The number of phosphoric acid groups is 1. The summed E-state index contributed by atoms with van der Waals surface area (Å²) in [6.07, 6.45) is 0. The van der Waals surface area contributed by atoms with Crippen LogP contribution in [0.4, 0.5) is 0 Å².